The predicted octanol–water partition coefficient (Wildman–Crippen LogP) is 0.835. The Bertz CT molecular complexity index is 384. The van der Waals surface area contributed by atoms with E-state index in [9.17, 15) is 0 Å². The zero-order chi connectivity index (χ0) is 9.26. The van der Waals surface area contributed by atoms with Crippen LogP contribution in [-0.4, -0.2) is 21.8 Å². The molecule has 4 nitrogen and oxygen atoms in total. The smallest absolute Gasteiger partial charge is 0.214 e. The fraction of sp³-hybridized carbons (Fsp3) is 0.222. The van der Waals surface area contributed by atoms with E-state index in [1.54, 1.807) is 23.9 Å². The fourth-order valence-electron chi connectivity index (χ4n) is 1.34. The van der Waals surface area contributed by atoms with Gasteiger partial charge in [0.2, 0.25) is 5.88 Å². The van der Waals surface area contributed by atoms with Crippen molar-refractivity contribution in [3.05, 3.63) is 30.0 Å². The third-order valence-electron chi connectivity index (χ3n) is 1.99. The number of hydrogen-bond acceptors (Lipinski definition) is 3. The van der Waals surface area contributed by atoms with Crippen molar-refractivity contribution in [3.8, 4) is 5.88 Å². The first-order valence-electron chi connectivity index (χ1n) is 3.97. The van der Waals surface area contributed by atoms with Crippen LogP contribution in [0.1, 0.15) is 5.56 Å². The Morgan fingerprint density at radius 3 is 3.00 bits per heavy atom. The lowest BCUT2D eigenvalue weighted by Gasteiger charge is -2.05. The van der Waals surface area contributed by atoms with Crippen LogP contribution >= 0.6 is 0 Å². The summed E-state index contributed by atoms with van der Waals surface area (Å²) >= 11 is 0. The van der Waals surface area contributed by atoms with E-state index in [1.807, 2.05) is 12.1 Å². The number of nitrogens with zero attached hydrogens (tertiary/aromatic N) is 2. The Morgan fingerprint density at radius 1 is 1.46 bits per heavy atom. The Kier molecular flexibility index (Phi) is 1.90. The number of aromatic nitrogens is 2. The molecule has 2 aromatic rings. The lowest BCUT2D eigenvalue weighted by atomic mass is 10.2. The van der Waals surface area contributed by atoms with Crippen molar-refractivity contribution in [1.82, 2.24) is 9.61 Å². The van der Waals surface area contributed by atoms with Crippen LogP contribution in [0.4, 0.5) is 0 Å². The third kappa shape index (κ3) is 1.15. The van der Waals surface area contributed by atoms with Gasteiger partial charge in [-0.25, -0.2) is 4.52 Å². The van der Waals surface area contributed by atoms with E-state index in [1.165, 1.54) is 0 Å². The Morgan fingerprint density at radius 2 is 2.31 bits per heavy atom. The van der Waals surface area contributed by atoms with Crippen LogP contribution < -0.4 is 4.74 Å². The second-order valence-electron chi connectivity index (χ2n) is 2.69. The third-order valence-corrected chi connectivity index (χ3v) is 1.99. The highest BCUT2D eigenvalue weighted by Gasteiger charge is 2.04. The van der Waals surface area contributed by atoms with Crippen LogP contribution in [0, 0.1) is 0 Å². The van der Waals surface area contributed by atoms with Crippen molar-refractivity contribution in [2.24, 2.45) is 0 Å². The highest BCUT2D eigenvalue weighted by Crippen LogP contribution is 2.17. The van der Waals surface area contributed by atoms with Gasteiger partial charge >= 0.3 is 0 Å². The number of hydrogen-bond donors (Lipinski definition) is 1. The molecule has 1 N–H and O–H groups in total. The maximum atomic E-state index is 9.04. The molecule has 13 heavy (non-hydrogen) atoms. The molecule has 0 aliphatic carbocycles. The van der Waals surface area contributed by atoms with Gasteiger partial charge in [0, 0.05) is 11.6 Å². The van der Waals surface area contributed by atoms with Crippen LogP contribution in [0.25, 0.3) is 5.52 Å². The number of ether oxygens (including phenoxy) is 1. The molecule has 0 atom stereocenters. The molecule has 0 radical (unpaired) electrons. The van der Waals surface area contributed by atoms with Gasteiger partial charge in [-0.15, -0.1) is 0 Å². The summed E-state index contributed by atoms with van der Waals surface area (Å²) in [6.07, 6.45) is 1.68. The number of pyridine rings is 1. The molecule has 2 rings (SSSR count). The van der Waals surface area contributed by atoms with Crippen LogP contribution in [-0.2, 0) is 6.61 Å². The van der Waals surface area contributed by atoms with E-state index in [-0.39, 0.29) is 6.61 Å². The minimum Gasteiger partial charge on any atom is -0.481 e. The zero-order valence-corrected chi connectivity index (χ0v) is 7.27. The first-order valence-corrected chi connectivity index (χ1v) is 3.97. The average Bonchev–Trinajstić information content (AvgIpc) is 2.64. The van der Waals surface area contributed by atoms with E-state index in [0.717, 1.165) is 11.1 Å². The molecule has 0 aliphatic rings. The molecule has 0 saturated carbocycles. The molecule has 0 aliphatic heterocycles. The Hall–Kier alpha value is -1.55. The maximum absolute atomic E-state index is 9.04. The van der Waals surface area contributed by atoms with Gasteiger partial charge in [0.25, 0.3) is 0 Å². The molecule has 0 unspecified atom stereocenters. The van der Waals surface area contributed by atoms with Gasteiger partial charge in [-0.2, -0.15) is 5.10 Å². The summed E-state index contributed by atoms with van der Waals surface area (Å²) < 4.78 is 6.76. The van der Waals surface area contributed by atoms with Crippen LogP contribution in [0.15, 0.2) is 24.4 Å². The van der Waals surface area contributed by atoms with Crippen molar-refractivity contribution in [2.75, 3.05) is 7.11 Å². The SMILES string of the molecule is COc1ccc(CO)c2ccnn12. The zero-order valence-electron chi connectivity index (χ0n) is 7.27. The first-order chi connectivity index (χ1) is 6.36. The first kappa shape index (κ1) is 8.07. The summed E-state index contributed by atoms with van der Waals surface area (Å²) in [5.74, 6) is 0.664. The summed E-state index contributed by atoms with van der Waals surface area (Å²) in [7, 11) is 1.59. The summed E-state index contributed by atoms with van der Waals surface area (Å²) in [6, 6.07) is 5.45. The molecule has 0 aromatic carbocycles. The molecular weight excluding hydrogens is 168 g/mol. The maximum Gasteiger partial charge on any atom is 0.214 e. The number of rotatable bonds is 2. The summed E-state index contributed by atoms with van der Waals surface area (Å²) in [6.45, 7) is 0.0131. The Balaban J connectivity index is 2.74. The standard InChI is InChI=1S/C9H10N2O2/c1-13-9-3-2-7(6-12)8-4-5-10-11(8)9/h2-5,12H,6H2,1H3. The summed E-state index contributed by atoms with van der Waals surface area (Å²) in [4.78, 5) is 0. The van der Waals surface area contributed by atoms with E-state index < -0.39 is 0 Å². The molecule has 0 bridgehead atoms. The normalized spacial score (nSPS) is 10.6. The largest absolute Gasteiger partial charge is 0.481 e. The van der Waals surface area contributed by atoms with E-state index in [2.05, 4.69) is 5.10 Å². The fourth-order valence-corrected chi connectivity index (χ4v) is 1.34. The van der Waals surface area contributed by atoms with Crippen molar-refractivity contribution in [1.29, 1.82) is 0 Å². The highest BCUT2D eigenvalue weighted by atomic mass is 16.5. The van der Waals surface area contributed by atoms with Crippen molar-refractivity contribution in [2.45, 2.75) is 6.61 Å². The van der Waals surface area contributed by atoms with E-state index in [4.69, 9.17) is 9.84 Å². The van der Waals surface area contributed by atoms with Gasteiger partial charge in [0.1, 0.15) is 0 Å². The van der Waals surface area contributed by atoms with Crippen LogP contribution in [0.2, 0.25) is 0 Å². The van der Waals surface area contributed by atoms with Crippen molar-refractivity contribution < 1.29 is 9.84 Å². The molecule has 4 heteroatoms. The molecule has 2 heterocycles. The topological polar surface area (TPSA) is 46.8 Å². The Labute approximate surface area is 75.4 Å². The minimum atomic E-state index is 0.0131. The average molecular weight is 178 g/mol. The lowest BCUT2D eigenvalue weighted by molar-refractivity contribution is 0.282. The molecule has 2 aromatic heterocycles. The minimum absolute atomic E-state index is 0.0131. The molecule has 0 spiro atoms. The monoisotopic (exact) mass is 178 g/mol. The second kappa shape index (κ2) is 3.06. The van der Waals surface area contributed by atoms with Crippen molar-refractivity contribution >= 4 is 5.52 Å². The second-order valence-corrected chi connectivity index (χ2v) is 2.69. The number of methoxy groups -OCH3 is 1. The molecule has 68 valence electrons. The van der Waals surface area contributed by atoms with Gasteiger partial charge in [-0.1, -0.05) is 0 Å². The summed E-state index contributed by atoms with van der Waals surface area (Å²) in [5.41, 5.74) is 1.72. The van der Waals surface area contributed by atoms with Crippen LogP contribution in [0.5, 0.6) is 5.88 Å². The van der Waals surface area contributed by atoms with Crippen LogP contribution in [0.3, 0.4) is 0 Å². The van der Waals surface area contributed by atoms with Gasteiger partial charge < -0.3 is 9.84 Å². The highest BCUT2D eigenvalue weighted by molar-refractivity contribution is 5.55. The molecule has 0 saturated heterocycles. The predicted molar refractivity (Wildman–Crippen MR) is 47.7 cm³/mol. The molecule has 0 fully saturated rings. The van der Waals surface area contributed by atoms with E-state index in [0.29, 0.717) is 5.88 Å². The van der Waals surface area contributed by atoms with Gasteiger partial charge in [-0.3, -0.25) is 0 Å². The number of aliphatic hydroxyl groups is 1. The summed E-state index contributed by atoms with van der Waals surface area (Å²) in [5, 5.41) is 13.1. The van der Waals surface area contributed by atoms with Crippen molar-refractivity contribution in [3.63, 3.8) is 0 Å². The molecular formula is C9H10N2O2. The van der Waals surface area contributed by atoms with Gasteiger partial charge in [0.15, 0.2) is 0 Å². The number of aliphatic hydroxyl groups excluding tert-OH is 1. The van der Waals surface area contributed by atoms with E-state index >= 15 is 0 Å². The number of fused-ring (bicyclic) bond motifs is 1. The molecule has 0 amide bonds. The lowest BCUT2D eigenvalue weighted by Crippen LogP contribution is -1.98. The quantitative estimate of drug-likeness (QED) is 0.741. The van der Waals surface area contributed by atoms with Gasteiger partial charge in [0.05, 0.1) is 25.4 Å². The van der Waals surface area contributed by atoms with Gasteiger partial charge in [-0.05, 0) is 12.1 Å².